The van der Waals surface area contributed by atoms with Gasteiger partial charge in [0, 0.05) is 49.4 Å². The van der Waals surface area contributed by atoms with Gasteiger partial charge in [0.25, 0.3) is 5.92 Å². The number of carbonyl (C=O) groups is 2. The van der Waals surface area contributed by atoms with E-state index in [2.05, 4.69) is 16.3 Å². The number of para-hydroxylation sites is 1. The van der Waals surface area contributed by atoms with Gasteiger partial charge in [-0.2, -0.15) is 5.26 Å². The highest BCUT2D eigenvalue weighted by Crippen LogP contribution is 2.49. The highest BCUT2D eigenvalue weighted by Gasteiger charge is 2.50. The van der Waals surface area contributed by atoms with Crippen molar-refractivity contribution in [3.05, 3.63) is 29.8 Å². The number of amides is 2. The molecule has 9 heteroatoms. The van der Waals surface area contributed by atoms with Crippen molar-refractivity contribution in [1.82, 2.24) is 15.1 Å². The van der Waals surface area contributed by atoms with Crippen molar-refractivity contribution >= 4 is 11.8 Å². The van der Waals surface area contributed by atoms with E-state index in [1.807, 2.05) is 0 Å². The van der Waals surface area contributed by atoms with Gasteiger partial charge < -0.3 is 19.9 Å². The number of methoxy groups -OCH3 is 1. The molecule has 1 N–H and O–H groups in total. The second kappa shape index (κ2) is 9.86. The fourth-order valence-corrected chi connectivity index (χ4v) is 5.95. The molecule has 2 aliphatic carbocycles. The van der Waals surface area contributed by atoms with E-state index in [1.165, 1.54) is 20.0 Å². The lowest BCUT2D eigenvalue weighted by molar-refractivity contribution is -0.124. The zero-order chi connectivity index (χ0) is 26.3. The van der Waals surface area contributed by atoms with Crippen molar-refractivity contribution in [2.75, 3.05) is 33.3 Å². The summed E-state index contributed by atoms with van der Waals surface area (Å²) >= 11 is 0. The summed E-state index contributed by atoms with van der Waals surface area (Å²) in [5.41, 5.74) is -0.325. The fourth-order valence-electron chi connectivity index (χ4n) is 5.95. The number of ketones is 1. The van der Waals surface area contributed by atoms with Crippen molar-refractivity contribution in [3.8, 4) is 11.8 Å². The lowest BCUT2D eigenvalue weighted by atomic mass is 9.72. The van der Waals surface area contributed by atoms with E-state index in [0.29, 0.717) is 37.2 Å². The van der Waals surface area contributed by atoms with Gasteiger partial charge in [0.15, 0.2) is 5.78 Å². The Morgan fingerprint density at radius 1 is 1.19 bits per heavy atom. The van der Waals surface area contributed by atoms with Gasteiger partial charge in [-0.3, -0.25) is 4.79 Å². The van der Waals surface area contributed by atoms with Crippen LogP contribution in [-0.2, 0) is 11.2 Å². The monoisotopic (exact) mass is 514 g/mol. The Kier molecular flexibility index (Phi) is 6.90. The lowest BCUT2D eigenvalue weighted by Crippen LogP contribution is -2.65. The van der Waals surface area contributed by atoms with E-state index in [-0.39, 0.29) is 11.8 Å². The van der Waals surface area contributed by atoms with Crippen LogP contribution in [0.4, 0.5) is 13.6 Å². The van der Waals surface area contributed by atoms with Crippen LogP contribution >= 0.6 is 0 Å². The van der Waals surface area contributed by atoms with Gasteiger partial charge in [0.05, 0.1) is 24.6 Å². The zero-order valence-corrected chi connectivity index (χ0v) is 21.5. The summed E-state index contributed by atoms with van der Waals surface area (Å²) in [4.78, 5) is 30.4. The molecule has 0 bridgehead atoms. The molecule has 1 aromatic rings. The van der Waals surface area contributed by atoms with Crippen LogP contribution in [-0.4, -0.2) is 72.9 Å². The molecule has 200 valence electrons. The minimum atomic E-state index is -3.25. The molecular formula is C28H36F2N4O3. The Labute approximate surface area is 217 Å². The molecule has 2 saturated carbocycles. The molecule has 2 aliphatic heterocycles. The Morgan fingerprint density at radius 3 is 2.46 bits per heavy atom. The highest BCUT2D eigenvalue weighted by molar-refractivity contribution is 5.89. The number of nitrogens with one attached hydrogen (secondary N) is 1. The van der Waals surface area contributed by atoms with Crippen molar-refractivity contribution in [2.24, 2.45) is 10.8 Å². The van der Waals surface area contributed by atoms with Crippen LogP contribution in [0.15, 0.2) is 24.3 Å². The minimum Gasteiger partial charge on any atom is -0.496 e. The van der Waals surface area contributed by atoms with Gasteiger partial charge in [0.2, 0.25) is 0 Å². The third-order valence-electron chi connectivity index (χ3n) is 8.70. The molecule has 4 fully saturated rings. The maximum atomic E-state index is 15.3. The SMILES string of the molecule is COc1ccccc1CC(F)(F)C[C@H](NC(=O)N1CC2(CCN(C3CC3)CC2)C1)C(=O)CC1(C#N)CC1. The summed E-state index contributed by atoms with van der Waals surface area (Å²) in [6, 6.07) is 7.64. The topological polar surface area (TPSA) is 85.7 Å². The molecule has 2 heterocycles. The second-order valence-electron chi connectivity index (χ2n) is 11.7. The first-order valence-corrected chi connectivity index (χ1v) is 13.4. The summed E-state index contributed by atoms with van der Waals surface area (Å²) in [5.74, 6) is -3.40. The predicted molar refractivity (Wildman–Crippen MR) is 133 cm³/mol. The summed E-state index contributed by atoms with van der Waals surface area (Å²) in [6.45, 7) is 3.29. The van der Waals surface area contributed by atoms with Crippen LogP contribution in [0.3, 0.4) is 0 Å². The van der Waals surface area contributed by atoms with Gasteiger partial charge in [0.1, 0.15) is 5.75 Å². The van der Waals surface area contributed by atoms with E-state index in [9.17, 15) is 14.9 Å². The number of benzene rings is 1. The minimum absolute atomic E-state index is 0.106. The van der Waals surface area contributed by atoms with Gasteiger partial charge in [-0.1, -0.05) is 18.2 Å². The molecule has 1 aromatic carbocycles. The van der Waals surface area contributed by atoms with Crippen LogP contribution < -0.4 is 10.1 Å². The lowest BCUT2D eigenvalue weighted by Gasteiger charge is -2.54. The molecule has 1 atom stereocenters. The van der Waals surface area contributed by atoms with Crippen LogP contribution in [0.5, 0.6) is 5.75 Å². The number of likely N-dealkylation sites (tertiary alicyclic amines) is 2. The Balaban J connectivity index is 1.22. The van der Waals surface area contributed by atoms with Crippen LogP contribution in [0.1, 0.15) is 56.9 Å². The van der Waals surface area contributed by atoms with E-state index in [1.54, 1.807) is 29.2 Å². The van der Waals surface area contributed by atoms with Crippen molar-refractivity contribution < 1.29 is 23.1 Å². The fraction of sp³-hybridized carbons (Fsp3) is 0.679. The van der Waals surface area contributed by atoms with E-state index in [0.717, 1.165) is 32.0 Å². The third kappa shape index (κ3) is 5.90. The van der Waals surface area contributed by atoms with Crippen LogP contribution in [0.25, 0.3) is 0 Å². The smallest absolute Gasteiger partial charge is 0.318 e. The molecule has 1 spiro atoms. The van der Waals surface area contributed by atoms with E-state index >= 15 is 8.78 Å². The number of rotatable bonds is 10. The number of alkyl halides is 2. The van der Waals surface area contributed by atoms with Gasteiger partial charge in [-0.15, -0.1) is 0 Å². The number of hydrogen-bond acceptors (Lipinski definition) is 5. The number of carbonyl (C=O) groups excluding carboxylic acids is 2. The first-order chi connectivity index (χ1) is 17.7. The summed E-state index contributed by atoms with van der Waals surface area (Å²) in [5, 5.41) is 12.1. The van der Waals surface area contributed by atoms with Gasteiger partial charge in [-0.25, -0.2) is 13.6 Å². The zero-order valence-electron chi connectivity index (χ0n) is 21.5. The molecule has 0 unspecified atom stereocenters. The summed E-state index contributed by atoms with van der Waals surface area (Å²) < 4.78 is 35.7. The largest absolute Gasteiger partial charge is 0.496 e. The van der Waals surface area contributed by atoms with Gasteiger partial charge in [-0.05, 0) is 57.7 Å². The number of hydrogen-bond donors (Lipinski definition) is 1. The maximum Gasteiger partial charge on any atom is 0.318 e. The number of piperidine rings is 1. The molecule has 2 saturated heterocycles. The Morgan fingerprint density at radius 2 is 1.86 bits per heavy atom. The van der Waals surface area contributed by atoms with Gasteiger partial charge >= 0.3 is 6.03 Å². The van der Waals surface area contributed by atoms with E-state index < -0.39 is 42.0 Å². The Bertz CT molecular complexity index is 1060. The summed E-state index contributed by atoms with van der Waals surface area (Å²) in [6.07, 6.45) is 4.28. The number of ether oxygens (including phenoxy) is 1. The molecular weight excluding hydrogens is 478 g/mol. The number of nitrogens with zero attached hydrogens (tertiary/aromatic N) is 3. The Hall–Kier alpha value is -2.73. The normalized spacial score (nSPS) is 23.0. The molecule has 7 nitrogen and oxygen atoms in total. The highest BCUT2D eigenvalue weighted by atomic mass is 19.3. The number of nitriles is 1. The van der Waals surface area contributed by atoms with Crippen molar-refractivity contribution in [1.29, 1.82) is 5.26 Å². The first kappa shape index (κ1) is 25.9. The molecule has 37 heavy (non-hydrogen) atoms. The molecule has 2 amide bonds. The predicted octanol–water partition coefficient (Wildman–Crippen LogP) is 4.16. The number of Topliss-reactive ketones (excluding diaryl/α,β-unsaturated/α-hetero) is 1. The van der Waals surface area contributed by atoms with E-state index in [4.69, 9.17) is 4.74 Å². The summed E-state index contributed by atoms with van der Waals surface area (Å²) in [7, 11) is 1.43. The molecule has 0 radical (unpaired) electrons. The van der Waals surface area contributed by atoms with Crippen LogP contribution in [0.2, 0.25) is 0 Å². The average Bonchev–Trinajstić information content (AvgIpc) is 3.78. The standard InChI is InChI=1S/C28H36F2N4O3/c1-37-24-5-3-2-4-20(24)14-28(29,30)15-22(23(35)16-26(17-31)8-9-26)32-25(36)34-18-27(19-34)10-12-33(13-11-27)21-6-7-21/h2-5,21-22H,6-16,18-19H2,1H3,(H,32,36)/t22-/m0/s1. The quantitative estimate of drug-likeness (QED) is 0.507. The average molecular weight is 515 g/mol. The molecule has 4 aliphatic rings. The first-order valence-electron chi connectivity index (χ1n) is 13.4. The molecule has 5 rings (SSSR count). The number of urea groups is 1. The number of halogens is 2. The van der Waals surface area contributed by atoms with Crippen molar-refractivity contribution in [3.63, 3.8) is 0 Å². The molecule has 0 aromatic heterocycles. The third-order valence-corrected chi connectivity index (χ3v) is 8.70. The van der Waals surface area contributed by atoms with Crippen molar-refractivity contribution in [2.45, 2.75) is 75.8 Å². The van der Waals surface area contributed by atoms with Crippen LogP contribution in [0, 0.1) is 22.2 Å². The maximum absolute atomic E-state index is 15.3. The second-order valence-corrected chi connectivity index (χ2v) is 11.7.